The van der Waals surface area contributed by atoms with Gasteiger partial charge in [-0.2, -0.15) is 11.8 Å². The summed E-state index contributed by atoms with van der Waals surface area (Å²) in [5.41, 5.74) is 0. The minimum absolute atomic E-state index is 0.544. The Morgan fingerprint density at radius 3 is 2.36 bits per heavy atom. The molecule has 1 heteroatoms. The van der Waals surface area contributed by atoms with Gasteiger partial charge in [0, 0.05) is 10.00 Å². The predicted molar refractivity (Wildman–Crippen MR) is 65.7 cm³/mol. The molecule has 1 aliphatic carbocycles. The highest BCUT2D eigenvalue weighted by Crippen LogP contribution is 2.56. The van der Waals surface area contributed by atoms with Crippen molar-refractivity contribution in [3.8, 4) is 0 Å². The van der Waals surface area contributed by atoms with Crippen LogP contribution in [0.15, 0.2) is 0 Å². The van der Waals surface area contributed by atoms with Crippen molar-refractivity contribution in [2.24, 2.45) is 23.7 Å². The van der Waals surface area contributed by atoms with Crippen molar-refractivity contribution >= 4 is 11.8 Å². The van der Waals surface area contributed by atoms with E-state index in [0.29, 0.717) is 4.75 Å². The van der Waals surface area contributed by atoms with Gasteiger partial charge >= 0.3 is 0 Å². The molecule has 14 heavy (non-hydrogen) atoms. The molecule has 82 valence electrons. The molecule has 2 rings (SSSR count). The van der Waals surface area contributed by atoms with Crippen LogP contribution >= 0.6 is 11.8 Å². The fourth-order valence-corrected chi connectivity index (χ4v) is 5.56. The molecule has 2 aliphatic rings. The Bertz CT molecular complexity index is 221. The molecule has 5 unspecified atom stereocenters. The fraction of sp³-hybridized carbons (Fsp3) is 1.00. The van der Waals surface area contributed by atoms with E-state index in [2.05, 4.69) is 46.4 Å². The maximum atomic E-state index is 2.47. The van der Waals surface area contributed by atoms with Crippen molar-refractivity contribution in [1.29, 1.82) is 0 Å². The van der Waals surface area contributed by atoms with Gasteiger partial charge in [-0.15, -0.1) is 0 Å². The molecule has 0 nitrogen and oxygen atoms in total. The van der Waals surface area contributed by atoms with E-state index in [4.69, 9.17) is 0 Å². The summed E-state index contributed by atoms with van der Waals surface area (Å²) >= 11 is 2.27. The standard InChI is InChI=1S/C13H24S/c1-8-6-9(2)11-7-13(4,5)14-12(11)10(8)3/h8-12H,6-7H2,1-5H3. The molecule has 0 aromatic heterocycles. The number of thioether (sulfide) groups is 1. The van der Waals surface area contributed by atoms with Gasteiger partial charge in [0.25, 0.3) is 0 Å². The first-order valence-corrected chi connectivity index (χ1v) is 6.96. The Labute approximate surface area is 93.2 Å². The summed E-state index contributed by atoms with van der Waals surface area (Å²) < 4.78 is 0.544. The third kappa shape index (κ3) is 1.73. The molecular weight excluding hydrogens is 188 g/mol. The Hall–Kier alpha value is 0.350. The third-order valence-corrected chi connectivity index (χ3v) is 6.35. The lowest BCUT2D eigenvalue weighted by Crippen LogP contribution is -2.36. The van der Waals surface area contributed by atoms with Crippen LogP contribution < -0.4 is 0 Å². The Morgan fingerprint density at radius 1 is 1.07 bits per heavy atom. The first-order valence-electron chi connectivity index (χ1n) is 6.08. The van der Waals surface area contributed by atoms with Crippen LogP contribution in [0.3, 0.4) is 0 Å². The quantitative estimate of drug-likeness (QED) is 0.580. The van der Waals surface area contributed by atoms with Crippen molar-refractivity contribution < 1.29 is 0 Å². The average molecular weight is 212 g/mol. The molecule has 1 saturated carbocycles. The van der Waals surface area contributed by atoms with Crippen molar-refractivity contribution in [1.82, 2.24) is 0 Å². The third-order valence-electron chi connectivity index (χ3n) is 4.49. The van der Waals surface area contributed by atoms with Crippen LogP contribution in [0, 0.1) is 23.7 Å². The second-order valence-corrected chi connectivity index (χ2v) is 8.14. The summed E-state index contributed by atoms with van der Waals surface area (Å²) in [6.45, 7) is 12.3. The van der Waals surface area contributed by atoms with E-state index < -0.39 is 0 Å². The summed E-state index contributed by atoms with van der Waals surface area (Å²) in [7, 11) is 0. The summed E-state index contributed by atoms with van der Waals surface area (Å²) in [4.78, 5) is 0. The Balaban J connectivity index is 2.18. The molecule has 0 N–H and O–H groups in total. The van der Waals surface area contributed by atoms with Crippen LogP contribution in [0.4, 0.5) is 0 Å². The minimum Gasteiger partial charge on any atom is -0.152 e. The van der Waals surface area contributed by atoms with Gasteiger partial charge < -0.3 is 0 Å². The van der Waals surface area contributed by atoms with Gasteiger partial charge in [0.2, 0.25) is 0 Å². The van der Waals surface area contributed by atoms with Gasteiger partial charge in [0.1, 0.15) is 0 Å². The predicted octanol–water partition coefficient (Wildman–Crippen LogP) is 4.20. The largest absolute Gasteiger partial charge is 0.152 e. The zero-order chi connectivity index (χ0) is 10.5. The summed E-state index contributed by atoms with van der Waals surface area (Å²) in [5.74, 6) is 3.83. The first-order chi connectivity index (χ1) is 6.41. The summed E-state index contributed by atoms with van der Waals surface area (Å²) in [5, 5.41) is 0.948. The number of rotatable bonds is 0. The van der Waals surface area contributed by atoms with Crippen molar-refractivity contribution in [2.75, 3.05) is 0 Å². The molecule has 1 heterocycles. The second-order valence-electron chi connectivity index (χ2n) is 6.26. The number of hydrogen-bond donors (Lipinski definition) is 0. The zero-order valence-electron chi connectivity index (χ0n) is 10.2. The number of fused-ring (bicyclic) bond motifs is 1. The first kappa shape index (κ1) is 10.9. The highest BCUT2D eigenvalue weighted by atomic mass is 32.2. The van der Waals surface area contributed by atoms with Gasteiger partial charge in [-0.05, 0) is 36.5 Å². The molecule has 0 aromatic carbocycles. The zero-order valence-corrected chi connectivity index (χ0v) is 11.0. The molecule has 1 saturated heterocycles. The smallest absolute Gasteiger partial charge is 0.0112 e. The molecular formula is C13H24S. The Kier molecular flexibility index (Phi) is 2.66. The lowest BCUT2D eigenvalue weighted by molar-refractivity contribution is 0.152. The monoisotopic (exact) mass is 212 g/mol. The minimum atomic E-state index is 0.544. The molecule has 0 spiro atoms. The maximum Gasteiger partial charge on any atom is 0.0112 e. The summed E-state index contributed by atoms with van der Waals surface area (Å²) in [6.07, 6.45) is 2.90. The van der Waals surface area contributed by atoms with E-state index in [1.54, 1.807) is 0 Å². The average Bonchev–Trinajstić information content (AvgIpc) is 2.38. The van der Waals surface area contributed by atoms with Gasteiger partial charge in [-0.3, -0.25) is 0 Å². The van der Waals surface area contributed by atoms with Gasteiger partial charge in [0.15, 0.2) is 0 Å². The highest BCUT2D eigenvalue weighted by molar-refractivity contribution is 8.01. The molecule has 0 amide bonds. The van der Waals surface area contributed by atoms with E-state index in [1.165, 1.54) is 12.8 Å². The Morgan fingerprint density at radius 2 is 1.71 bits per heavy atom. The fourth-order valence-electron chi connectivity index (χ4n) is 3.51. The van der Waals surface area contributed by atoms with E-state index in [1.807, 2.05) is 0 Å². The molecule has 0 bridgehead atoms. The molecule has 0 radical (unpaired) electrons. The summed E-state index contributed by atoms with van der Waals surface area (Å²) in [6, 6.07) is 0. The van der Waals surface area contributed by atoms with Gasteiger partial charge in [-0.1, -0.05) is 34.6 Å². The topological polar surface area (TPSA) is 0 Å². The van der Waals surface area contributed by atoms with Crippen molar-refractivity contribution in [3.05, 3.63) is 0 Å². The van der Waals surface area contributed by atoms with E-state index in [0.717, 1.165) is 28.9 Å². The van der Waals surface area contributed by atoms with Crippen molar-refractivity contribution in [3.63, 3.8) is 0 Å². The maximum absolute atomic E-state index is 2.47. The van der Waals surface area contributed by atoms with Crippen LogP contribution in [0.5, 0.6) is 0 Å². The molecule has 0 aromatic rings. The molecule has 2 fully saturated rings. The van der Waals surface area contributed by atoms with Gasteiger partial charge in [0.05, 0.1) is 0 Å². The second kappa shape index (κ2) is 3.43. The highest BCUT2D eigenvalue weighted by Gasteiger charge is 2.48. The van der Waals surface area contributed by atoms with Crippen LogP contribution in [-0.2, 0) is 0 Å². The van der Waals surface area contributed by atoms with Crippen LogP contribution in [0.1, 0.15) is 47.5 Å². The van der Waals surface area contributed by atoms with Gasteiger partial charge in [-0.25, -0.2) is 0 Å². The van der Waals surface area contributed by atoms with E-state index >= 15 is 0 Å². The van der Waals surface area contributed by atoms with E-state index in [-0.39, 0.29) is 0 Å². The number of hydrogen-bond acceptors (Lipinski definition) is 1. The normalized spacial score (nSPS) is 51.6. The SMILES string of the molecule is CC1CC(C)C2CC(C)(C)SC2C1C. The molecule has 5 atom stereocenters. The van der Waals surface area contributed by atoms with Crippen LogP contribution in [0.2, 0.25) is 0 Å². The lowest BCUT2D eigenvalue weighted by atomic mass is 9.68. The van der Waals surface area contributed by atoms with E-state index in [9.17, 15) is 0 Å². The van der Waals surface area contributed by atoms with Crippen molar-refractivity contribution in [2.45, 2.75) is 57.5 Å². The van der Waals surface area contributed by atoms with Crippen LogP contribution in [-0.4, -0.2) is 10.00 Å². The lowest BCUT2D eigenvalue weighted by Gasteiger charge is -2.40. The van der Waals surface area contributed by atoms with Crippen LogP contribution in [0.25, 0.3) is 0 Å². The molecule has 1 aliphatic heterocycles.